The van der Waals surface area contributed by atoms with Crippen LogP contribution in [0.2, 0.25) is 5.02 Å². The smallest absolute Gasteiger partial charge is 0.222 e. The molecule has 3 aromatic rings. The van der Waals surface area contributed by atoms with Crippen molar-refractivity contribution in [2.24, 2.45) is 0 Å². The molecule has 0 radical (unpaired) electrons. The molecule has 2 aromatic carbocycles. The predicted molar refractivity (Wildman–Crippen MR) is 119 cm³/mol. The normalized spacial score (nSPS) is 16.3. The van der Waals surface area contributed by atoms with Gasteiger partial charge in [0.2, 0.25) is 5.91 Å². The SMILES string of the molecule is CC(c1ccccc1Cl)N1CCN(C(=O)CCCc2c[nH]c3ccccc23)CC1. The van der Waals surface area contributed by atoms with Gasteiger partial charge in [-0.3, -0.25) is 9.69 Å². The van der Waals surface area contributed by atoms with Gasteiger partial charge in [0.1, 0.15) is 0 Å². The molecule has 1 unspecified atom stereocenters. The molecule has 1 N–H and O–H groups in total. The fourth-order valence-electron chi connectivity index (χ4n) is 4.30. The van der Waals surface area contributed by atoms with Crippen molar-refractivity contribution in [1.29, 1.82) is 0 Å². The maximum atomic E-state index is 12.7. The summed E-state index contributed by atoms with van der Waals surface area (Å²) in [5.74, 6) is 0.273. The molecule has 2 heterocycles. The quantitative estimate of drug-likeness (QED) is 0.618. The number of benzene rings is 2. The van der Waals surface area contributed by atoms with Crippen molar-refractivity contribution in [3.05, 3.63) is 70.9 Å². The number of aromatic amines is 1. The molecule has 29 heavy (non-hydrogen) atoms. The predicted octanol–water partition coefficient (Wildman–Crippen LogP) is 5.05. The third kappa shape index (κ3) is 4.49. The number of amides is 1. The lowest BCUT2D eigenvalue weighted by Crippen LogP contribution is -2.49. The lowest BCUT2D eigenvalue weighted by Gasteiger charge is -2.38. The van der Waals surface area contributed by atoms with Crippen LogP contribution in [0.3, 0.4) is 0 Å². The molecule has 0 spiro atoms. The molecule has 1 fully saturated rings. The zero-order chi connectivity index (χ0) is 20.2. The van der Waals surface area contributed by atoms with Gasteiger partial charge in [0.15, 0.2) is 0 Å². The number of hydrogen-bond donors (Lipinski definition) is 1. The Labute approximate surface area is 177 Å². The van der Waals surface area contributed by atoms with Gasteiger partial charge in [-0.05, 0) is 43.0 Å². The number of hydrogen-bond acceptors (Lipinski definition) is 2. The number of halogens is 1. The van der Waals surface area contributed by atoms with Gasteiger partial charge >= 0.3 is 0 Å². The van der Waals surface area contributed by atoms with Crippen LogP contribution < -0.4 is 0 Å². The summed E-state index contributed by atoms with van der Waals surface area (Å²) in [5, 5.41) is 2.08. The van der Waals surface area contributed by atoms with E-state index in [9.17, 15) is 4.79 Å². The van der Waals surface area contributed by atoms with Crippen LogP contribution >= 0.6 is 11.6 Å². The Balaban J connectivity index is 1.25. The van der Waals surface area contributed by atoms with Crippen molar-refractivity contribution in [3.63, 3.8) is 0 Å². The summed E-state index contributed by atoms with van der Waals surface area (Å²) in [6.07, 6.45) is 4.50. The summed E-state index contributed by atoms with van der Waals surface area (Å²) in [4.78, 5) is 20.4. The molecule has 1 aliphatic rings. The summed E-state index contributed by atoms with van der Waals surface area (Å²) in [7, 11) is 0. The van der Waals surface area contributed by atoms with Crippen LogP contribution in [0.25, 0.3) is 10.9 Å². The molecule has 0 aliphatic carbocycles. The standard InChI is InChI=1S/C24H28ClN3O/c1-18(20-8-2-4-10-22(20)25)27-13-15-28(16-14-27)24(29)12-6-7-19-17-26-23-11-5-3-9-21(19)23/h2-5,8-11,17-18,26H,6-7,12-16H2,1H3. The third-order valence-electron chi connectivity index (χ3n) is 6.08. The van der Waals surface area contributed by atoms with Crippen LogP contribution in [0.1, 0.15) is 36.9 Å². The van der Waals surface area contributed by atoms with Crippen LogP contribution in [0.4, 0.5) is 0 Å². The monoisotopic (exact) mass is 409 g/mol. The van der Waals surface area contributed by atoms with Gasteiger partial charge < -0.3 is 9.88 Å². The first-order chi connectivity index (χ1) is 14.1. The number of nitrogens with zero attached hydrogens (tertiary/aromatic N) is 2. The molecule has 1 aliphatic heterocycles. The van der Waals surface area contributed by atoms with E-state index in [2.05, 4.69) is 47.3 Å². The van der Waals surface area contributed by atoms with E-state index in [0.29, 0.717) is 6.42 Å². The molecule has 5 heteroatoms. The Morgan fingerprint density at radius 2 is 1.79 bits per heavy atom. The Bertz CT molecular complexity index is 975. The molecule has 4 nitrogen and oxygen atoms in total. The Morgan fingerprint density at radius 1 is 1.07 bits per heavy atom. The molecule has 4 rings (SSSR count). The van der Waals surface area contributed by atoms with E-state index in [1.807, 2.05) is 29.2 Å². The fraction of sp³-hybridized carbons (Fsp3) is 0.375. The first kappa shape index (κ1) is 20.0. The van der Waals surface area contributed by atoms with Crippen molar-refractivity contribution in [1.82, 2.24) is 14.8 Å². The van der Waals surface area contributed by atoms with E-state index in [0.717, 1.165) is 55.1 Å². The highest BCUT2D eigenvalue weighted by molar-refractivity contribution is 6.31. The van der Waals surface area contributed by atoms with Gasteiger partial charge in [-0.25, -0.2) is 0 Å². The van der Waals surface area contributed by atoms with Crippen molar-refractivity contribution in [2.45, 2.75) is 32.2 Å². The number of carbonyl (C=O) groups is 1. The lowest BCUT2D eigenvalue weighted by atomic mass is 10.1. The highest BCUT2D eigenvalue weighted by atomic mass is 35.5. The number of aromatic nitrogens is 1. The molecule has 1 aromatic heterocycles. The molecular formula is C24H28ClN3O. The van der Waals surface area contributed by atoms with Crippen molar-refractivity contribution in [3.8, 4) is 0 Å². The van der Waals surface area contributed by atoms with E-state index in [1.54, 1.807) is 0 Å². The molecule has 1 amide bonds. The summed E-state index contributed by atoms with van der Waals surface area (Å²) < 4.78 is 0. The summed E-state index contributed by atoms with van der Waals surface area (Å²) in [6, 6.07) is 16.6. The number of carbonyl (C=O) groups excluding carboxylic acids is 1. The van der Waals surface area contributed by atoms with Gasteiger partial charge in [0, 0.05) is 60.8 Å². The van der Waals surface area contributed by atoms with Gasteiger partial charge in [0.25, 0.3) is 0 Å². The minimum absolute atomic E-state index is 0.267. The topological polar surface area (TPSA) is 39.3 Å². The van der Waals surface area contributed by atoms with Gasteiger partial charge in [-0.2, -0.15) is 0 Å². The molecule has 0 bridgehead atoms. The van der Waals surface area contributed by atoms with Crippen molar-refractivity contribution < 1.29 is 4.79 Å². The van der Waals surface area contributed by atoms with E-state index in [1.165, 1.54) is 10.9 Å². The minimum Gasteiger partial charge on any atom is -0.361 e. The van der Waals surface area contributed by atoms with Crippen LogP contribution in [0.15, 0.2) is 54.7 Å². The fourth-order valence-corrected chi connectivity index (χ4v) is 4.59. The highest BCUT2D eigenvalue weighted by Crippen LogP contribution is 2.28. The van der Waals surface area contributed by atoms with E-state index < -0.39 is 0 Å². The zero-order valence-corrected chi connectivity index (χ0v) is 17.7. The molecule has 0 saturated carbocycles. The number of piperazine rings is 1. The maximum Gasteiger partial charge on any atom is 0.222 e. The van der Waals surface area contributed by atoms with Gasteiger partial charge in [-0.1, -0.05) is 48.0 Å². The van der Waals surface area contributed by atoms with E-state index >= 15 is 0 Å². The lowest BCUT2D eigenvalue weighted by molar-refractivity contribution is -0.133. The first-order valence-electron chi connectivity index (χ1n) is 10.4. The van der Waals surface area contributed by atoms with Crippen LogP contribution in [-0.2, 0) is 11.2 Å². The second kappa shape index (κ2) is 9.02. The maximum absolute atomic E-state index is 12.7. The largest absolute Gasteiger partial charge is 0.361 e. The van der Waals surface area contributed by atoms with Crippen LogP contribution in [0, 0.1) is 0 Å². The number of aryl methyl sites for hydroxylation is 1. The summed E-state index contributed by atoms with van der Waals surface area (Å²) in [6.45, 7) is 5.56. The minimum atomic E-state index is 0.267. The second-order valence-corrected chi connectivity index (χ2v) is 8.23. The molecule has 1 saturated heterocycles. The Morgan fingerprint density at radius 3 is 2.59 bits per heavy atom. The second-order valence-electron chi connectivity index (χ2n) is 7.83. The third-order valence-corrected chi connectivity index (χ3v) is 6.43. The number of fused-ring (bicyclic) bond motifs is 1. The van der Waals surface area contributed by atoms with Crippen molar-refractivity contribution in [2.75, 3.05) is 26.2 Å². The van der Waals surface area contributed by atoms with Gasteiger partial charge in [0.05, 0.1) is 0 Å². The van der Waals surface area contributed by atoms with Crippen LogP contribution in [0.5, 0.6) is 0 Å². The first-order valence-corrected chi connectivity index (χ1v) is 10.8. The molecular weight excluding hydrogens is 382 g/mol. The Hall–Kier alpha value is -2.30. The number of H-pyrrole nitrogens is 1. The average Bonchev–Trinajstić information content (AvgIpc) is 3.17. The number of rotatable bonds is 6. The van der Waals surface area contributed by atoms with Gasteiger partial charge in [-0.15, -0.1) is 0 Å². The highest BCUT2D eigenvalue weighted by Gasteiger charge is 2.25. The van der Waals surface area contributed by atoms with E-state index in [-0.39, 0.29) is 11.9 Å². The molecule has 152 valence electrons. The summed E-state index contributed by atoms with van der Waals surface area (Å²) in [5.41, 5.74) is 3.62. The molecule has 1 atom stereocenters. The zero-order valence-electron chi connectivity index (χ0n) is 16.9. The number of nitrogens with one attached hydrogen (secondary N) is 1. The summed E-state index contributed by atoms with van der Waals surface area (Å²) >= 11 is 6.36. The van der Waals surface area contributed by atoms with Crippen molar-refractivity contribution >= 4 is 28.4 Å². The van der Waals surface area contributed by atoms with E-state index in [4.69, 9.17) is 11.6 Å². The van der Waals surface area contributed by atoms with Crippen LogP contribution in [-0.4, -0.2) is 46.9 Å². The number of para-hydroxylation sites is 1. The Kier molecular flexibility index (Phi) is 6.22. The average molecular weight is 410 g/mol.